The van der Waals surface area contributed by atoms with Gasteiger partial charge < -0.3 is 5.32 Å². The number of hydrogen-bond acceptors (Lipinski definition) is 2. The number of anilines is 1. The summed E-state index contributed by atoms with van der Waals surface area (Å²) in [5, 5.41) is 4.21. The number of fused-ring (bicyclic) bond motifs is 1. The highest BCUT2D eigenvalue weighted by molar-refractivity contribution is 7.99. The Bertz CT molecular complexity index is 644. The molecule has 0 radical (unpaired) electrons. The summed E-state index contributed by atoms with van der Waals surface area (Å²) in [6.45, 7) is 1.80. The van der Waals surface area contributed by atoms with Gasteiger partial charge in [-0.2, -0.15) is 0 Å². The van der Waals surface area contributed by atoms with E-state index < -0.39 is 0 Å². The molecule has 0 amide bonds. The maximum Gasteiger partial charge on any atom is 0.128 e. The molecular formula is C16H15ClFNS. The van der Waals surface area contributed by atoms with Crippen molar-refractivity contribution >= 4 is 29.1 Å². The molecule has 0 spiro atoms. The standard InChI is InChI=1S/C16H15ClFNS/c1-10-13(18)3-2-4-14(10)19-15-7-8-20-16-6-5-11(17)9-12(15)16/h2-6,9,15,19H,7-8H2,1H3. The molecule has 0 aliphatic carbocycles. The molecule has 1 unspecified atom stereocenters. The molecule has 1 heterocycles. The van der Waals surface area contributed by atoms with Crippen molar-refractivity contribution in [3.8, 4) is 0 Å². The van der Waals surface area contributed by atoms with E-state index in [9.17, 15) is 4.39 Å². The van der Waals surface area contributed by atoms with Gasteiger partial charge in [0, 0.05) is 26.9 Å². The third-order valence-electron chi connectivity index (χ3n) is 3.61. The first-order valence-electron chi connectivity index (χ1n) is 6.59. The quantitative estimate of drug-likeness (QED) is 0.793. The molecule has 1 atom stereocenters. The summed E-state index contributed by atoms with van der Waals surface area (Å²) in [5.74, 6) is 0.882. The number of nitrogens with one attached hydrogen (secondary N) is 1. The van der Waals surface area contributed by atoms with E-state index in [2.05, 4.69) is 11.4 Å². The first kappa shape index (κ1) is 13.8. The number of rotatable bonds is 2. The number of benzene rings is 2. The minimum Gasteiger partial charge on any atom is -0.378 e. The lowest BCUT2D eigenvalue weighted by atomic mass is 10.0. The topological polar surface area (TPSA) is 12.0 Å². The second-order valence-electron chi connectivity index (χ2n) is 4.93. The first-order chi connectivity index (χ1) is 9.65. The Hall–Kier alpha value is -1.19. The van der Waals surface area contributed by atoms with Crippen LogP contribution < -0.4 is 5.32 Å². The largest absolute Gasteiger partial charge is 0.378 e. The third kappa shape index (κ3) is 2.65. The van der Waals surface area contributed by atoms with Gasteiger partial charge >= 0.3 is 0 Å². The van der Waals surface area contributed by atoms with Gasteiger partial charge in [0.1, 0.15) is 5.82 Å². The van der Waals surface area contributed by atoms with Crippen molar-refractivity contribution in [1.82, 2.24) is 0 Å². The summed E-state index contributed by atoms with van der Waals surface area (Å²) in [7, 11) is 0. The highest BCUT2D eigenvalue weighted by atomic mass is 35.5. The zero-order chi connectivity index (χ0) is 14.1. The van der Waals surface area contributed by atoms with E-state index in [-0.39, 0.29) is 11.9 Å². The van der Waals surface area contributed by atoms with Gasteiger partial charge in [0.2, 0.25) is 0 Å². The van der Waals surface area contributed by atoms with E-state index in [0.717, 1.165) is 22.9 Å². The Morgan fingerprint density at radius 3 is 3.00 bits per heavy atom. The Morgan fingerprint density at radius 2 is 2.15 bits per heavy atom. The van der Waals surface area contributed by atoms with Gasteiger partial charge in [-0.3, -0.25) is 0 Å². The van der Waals surface area contributed by atoms with E-state index in [1.54, 1.807) is 13.0 Å². The van der Waals surface area contributed by atoms with Crippen LogP contribution in [0.5, 0.6) is 0 Å². The molecule has 0 bridgehead atoms. The summed E-state index contributed by atoms with van der Waals surface area (Å²) >= 11 is 7.95. The van der Waals surface area contributed by atoms with Gasteiger partial charge in [-0.25, -0.2) is 4.39 Å². The molecule has 0 aromatic heterocycles. The van der Waals surface area contributed by atoms with E-state index in [1.165, 1.54) is 16.5 Å². The molecule has 1 aliphatic heterocycles. The van der Waals surface area contributed by atoms with Crippen molar-refractivity contribution in [3.05, 3.63) is 58.4 Å². The Kier molecular flexibility index (Phi) is 3.90. The van der Waals surface area contributed by atoms with Gasteiger partial charge in [0.05, 0.1) is 6.04 Å². The lowest BCUT2D eigenvalue weighted by molar-refractivity contribution is 0.618. The molecular weight excluding hydrogens is 293 g/mol. The number of thioether (sulfide) groups is 1. The fraction of sp³-hybridized carbons (Fsp3) is 0.250. The van der Waals surface area contributed by atoms with Crippen molar-refractivity contribution in [2.45, 2.75) is 24.3 Å². The Morgan fingerprint density at radius 1 is 1.30 bits per heavy atom. The summed E-state index contributed by atoms with van der Waals surface area (Å²) in [6, 6.07) is 11.3. The van der Waals surface area contributed by atoms with E-state index in [4.69, 9.17) is 11.6 Å². The van der Waals surface area contributed by atoms with Gasteiger partial charge in [0.25, 0.3) is 0 Å². The van der Waals surface area contributed by atoms with Crippen LogP contribution in [-0.2, 0) is 0 Å². The summed E-state index contributed by atoms with van der Waals surface area (Å²) in [6.07, 6.45) is 1.01. The van der Waals surface area contributed by atoms with Crippen LogP contribution >= 0.6 is 23.4 Å². The molecule has 2 aromatic carbocycles. The maximum absolute atomic E-state index is 13.6. The highest BCUT2D eigenvalue weighted by Gasteiger charge is 2.21. The predicted molar refractivity (Wildman–Crippen MR) is 84.3 cm³/mol. The molecule has 1 nitrogen and oxygen atoms in total. The molecule has 0 saturated heterocycles. The second kappa shape index (κ2) is 5.66. The number of hydrogen-bond donors (Lipinski definition) is 1. The van der Waals surface area contributed by atoms with E-state index >= 15 is 0 Å². The van der Waals surface area contributed by atoms with Crippen LogP contribution in [-0.4, -0.2) is 5.75 Å². The van der Waals surface area contributed by atoms with Crippen molar-refractivity contribution in [2.24, 2.45) is 0 Å². The molecule has 0 fully saturated rings. The predicted octanol–water partition coefficient (Wildman–Crippen LogP) is 5.44. The minimum atomic E-state index is -0.175. The fourth-order valence-corrected chi connectivity index (χ4v) is 3.75. The SMILES string of the molecule is Cc1c(F)cccc1NC1CCSc2ccc(Cl)cc21. The first-order valence-corrected chi connectivity index (χ1v) is 7.95. The van der Waals surface area contributed by atoms with Crippen molar-refractivity contribution in [3.63, 3.8) is 0 Å². The number of halogens is 2. The van der Waals surface area contributed by atoms with Crippen LogP contribution in [0.2, 0.25) is 5.02 Å². The van der Waals surface area contributed by atoms with Crippen LogP contribution in [0.3, 0.4) is 0 Å². The lowest BCUT2D eigenvalue weighted by Gasteiger charge is -2.27. The second-order valence-corrected chi connectivity index (χ2v) is 6.50. The average Bonchev–Trinajstić information content (AvgIpc) is 2.44. The van der Waals surface area contributed by atoms with Crippen molar-refractivity contribution in [2.75, 3.05) is 11.1 Å². The van der Waals surface area contributed by atoms with Gasteiger partial charge in [0.15, 0.2) is 0 Å². The smallest absolute Gasteiger partial charge is 0.128 e. The van der Waals surface area contributed by atoms with E-state index in [0.29, 0.717) is 5.56 Å². The molecule has 3 rings (SSSR count). The molecule has 4 heteroatoms. The monoisotopic (exact) mass is 307 g/mol. The lowest BCUT2D eigenvalue weighted by Crippen LogP contribution is -2.16. The normalized spacial score (nSPS) is 17.6. The van der Waals surface area contributed by atoms with E-state index in [1.807, 2.05) is 30.0 Å². The Labute approximate surface area is 127 Å². The van der Waals surface area contributed by atoms with Crippen LogP contribution in [0.1, 0.15) is 23.6 Å². The van der Waals surface area contributed by atoms with Crippen LogP contribution in [0, 0.1) is 12.7 Å². The highest BCUT2D eigenvalue weighted by Crippen LogP contribution is 2.39. The molecule has 20 heavy (non-hydrogen) atoms. The molecule has 104 valence electrons. The Balaban J connectivity index is 1.93. The summed E-state index contributed by atoms with van der Waals surface area (Å²) in [5.41, 5.74) is 2.72. The van der Waals surface area contributed by atoms with Gasteiger partial charge in [-0.1, -0.05) is 17.7 Å². The molecule has 1 aliphatic rings. The van der Waals surface area contributed by atoms with Gasteiger partial charge in [-0.05, 0) is 49.2 Å². The zero-order valence-corrected chi connectivity index (χ0v) is 12.7. The van der Waals surface area contributed by atoms with Crippen LogP contribution in [0.25, 0.3) is 0 Å². The van der Waals surface area contributed by atoms with Crippen molar-refractivity contribution in [1.29, 1.82) is 0 Å². The summed E-state index contributed by atoms with van der Waals surface area (Å²) < 4.78 is 13.6. The third-order valence-corrected chi connectivity index (χ3v) is 4.97. The summed E-state index contributed by atoms with van der Waals surface area (Å²) in [4.78, 5) is 1.26. The van der Waals surface area contributed by atoms with Crippen molar-refractivity contribution < 1.29 is 4.39 Å². The fourth-order valence-electron chi connectivity index (χ4n) is 2.47. The van der Waals surface area contributed by atoms with Gasteiger partial charge in [-0.15, -0.1) is 11.8 Å². The molecule has 0 saturated carbocycles. The molecule has 1 N–H and O–H groups in total. The maximum atomic E-state index is 13.6. The molecule has 2 aromatic rings. The zero-order valence-electron chi connectivity index (χ0n) is 11.1. The van der Waals surface area contributed by atoms with Crippen LogP contribution in [0.4, 0.5) is 10.1 Å². The average molecular weight is 308 g/mol. The van der Waals surface area contributed by atoms with Crippen LogP contribution in [0.15, 0.2) is 41.3 Å². The minimum absolute atomic E-state index is 0.175.